The van der Waals surface area contributed by atoms with Gasteiger partial charge < -0.3 is 10.6 Å². The zero-order chi connectivity index (χ0) is 23.4. The Kier molecular flexibility index (Phi) is 4.79. The van der Waals surface area contributed by atoms with Gasteiger partial charge in [-0.1, -0.05) is 18.5 Å². The van der Waals surface area contributed by atoms with Crippen molar-refractivity contribution in [2.75, 3.05) is 17.2 Å². The molecule has 0 radical (unpaired) electrons. The topological polar surface area (TPSA) is 118 Å². The monoisotopic (exact) mass is 464 g/mol. The molecule has 1 saturated heterocycles. The van der Waals surface area contributed by atoms with Crippen LogP contribution in [0.2, 0.25) is 5.02 Å². The van der Waals surface area contributed by atoms with Gasteiger partial charge in [0, 0.05) is 18.7 Å². The maximum Gasteiger partial charge on any atom is 0.284 e. The molecule has 0 spiro atoms. The molecule has 2 N–H and O–H groups in total. The first kappa shape index (κ1) is 20.9. The molecule has 1 aliphatic rings. The standard InChI is InChI=1S/C22H18ClFN8O/c1-11-10-30(19-15(9-25)12(2)27-22(26)28-19)17(11)20-29-31-8-7-16(23)18(31)21(33)32(20)14-5-3-13(24)4-6-14/h3-8,11,17H,10H2,1-2H3,(H2,26,27,28). The van der Waals surface area contributed by atoms with Gasteiger partial charge in [-0.15, -0.1) is 0 Å². The van der Waals surface area contributed by atoms with Crippen LogP contribution in [-0.4, -0.2) is 30.7 Å². The van der Waals surface area contributed by atoms with Crippen LogP contribution >= 0.6 is 11.6 Å². The lowest BCUT2D eigenvalue weighted by molar-refractivity contribution is 0.300. The van der Waals surface area contributed by atoms with Crippen LogP contribution in [0.4, 0.5) is 16.2 Å². The highest BCUT2D eigenvalue weighted by atomic mass is 35.5. The Morgan fingerprint density at radius 1 is 1.24 bits per heavy atom. The predicted molar refractivity (Wildman–Crippen MR) is 121 cm³/mol. The molecule has 4 heterocycles. The van der Waals surface area contributed by atoms with Gasteiger partial charge in [-0.25, -0.2) is 13.9 Å². The van der Waals surface area contributed by atoms with E-state index in [9.17, 15) is 14.4 Å². The van der Waals surface area contributed by atoms with Gasteiger partial charge in [-0.3, -0.25) is 9.36 Å². The Morgan fingerprint density at radius 2 is 1.97 bits per heavy atom. The van der Waals surface area contributed by atoms with Crippen LogP contribution in [0, 0.1) is 30.0 Å². The second-order valence-corrected chi connectivity index (χ2v) is 8.39. The summed E-state index contributed by atoms with van der Waals surface area (Å²) in [5.41, 5.74) is 6.91. The van der Waals surface area contributed by atoms with Crippen LogP contribution < -0.4 is 16.2 Å². The van der Waals surface area contributed by atoms with Gasteiger partial charge in [-0.05, 0) is 37.3 Å². The van der Waals surface area contributed by atoms with Crippen molar-refractivity contribution in [1.29, 1.82) is 5.26 Å². The minimum absolute atomic E-state index is 0.0522. The molecule has 11 heteroatoms. The molecule has 1 aromatic carbocycles. The number of nitriles is 1. The fraction of sp³-hybridized carbons (Fsp3) is 0.227. The molecule has 9 nitrogen and oxygen atoms in total. The van der Waals surface area contributed by atoms with Crippen LogP contribution in [0.15, 0.2) is 41.3 Å². The maximum atomic E-state index is 13.6. The zero-order valence-electron chi connectivity index (χ0n) is 17.7. The summed E-state index contributed by atoms with van der Waals surface area (Å²) in [6, 6.07) is 8.91. The normalized spacial score (nSPS) is 17.7. The number of benzene rings is 1. The molecule has 0 amide bonds. The fourth-order valence-electron chi connectivity index (χ4n) is 4.30. The van der Waals surface area contributed by atoms with Crippen molar-refractivity contribution in [1.82, 2.24) is 24.1 Å². The summed E-state index contributed by atoms with van der Waals surface area (Å²) in [5, 5.41) is 14.7. The van der Waals surface area contributed by atoms with Gasteiger partial charge >= 0.3 is 0 Å². The number of nitrogens with two attached hydrogens (primary N) is 1. The SMILES string of the molecule is Cc1nc(N)nc(N2CC(C)C2c2nn3ccc(Cl)c3c(=O)n2-c2ccc(F)cc2)c1C#N. The van der Waals surface area contributed by atoms with E-state index >= 15 is 0 Å². The first-order valence-electron chi connectivity index (χ1n) is 10.2. The minimum atomic E-state index is -0.424. The number of hydrogen-bond donors (Lipinski definition) is 1. The van der Waals surface area contributed by atoms with Crippen LogP contribution in [0.1, 0.15) is 30.0 Å². The molecule has 3 aromatic heterocycles. The van der Waals surface area contributed by atoms with E-state index in [2.05, 4.69) is 16.0 Å². The highest BCUT2D eigenvalue weighted by molar-refractivity contribution is 6.33. The number of hydrogen-bond acceptors (Lipinski definition) is 7. The molecule has 1 aliphatic heterocycles. The molecule has 1 fully saturated rings. The van der Waals surface area contributed by atoms with Gasteiger partial charge in [0.05, 0.1) is 22.4 Å². The Labute approximate surface area is 192 Å². The smallest absolute Gasteiger partial charge is 0.284 e. The number of fused-ring (bicyclic) bond motifs is 1. The van der Waals surface area contributed by atoms with E-state index in [-0.39, 0.29) is 28.0 Å². The third-order valence-corrected chi connectivity index (χ3v) is 6.15. The van der Waals surface area contributed by atoms with Crippen molar-refractivity contribution < 1.29 is 4.39 Å². The van der Waals surface area contributed by atoms with Gasteiger partial charge in [-0.2, -0.15) is 15.3 Å². The second-order valence-electron chi connectivity index (χ2n) is 7.98. The van der Waals surface area contributed by atoms with Crippen LogP contribution in [-0.2, 0) is 0 Å². The summed E-state index contributed by atoms with van der Waals surface area (Å²) in [4.78, 5) is 23.8. The van der Waals surface area contributed by atoms with Crippen LogP contribution in [0.25, 0.3) is 11.2 Å². The Balaban J connectivity index is 1.76. The van der Waals surface area contributed by atoms with E-state index in [1.54, 1.807) is 19.2 Å². The number of aromatic nitrogens is 5. The third-order valence-electron chi connectivity index (χ3n) is 5.84. The third kappa shape index (κ3) is 3.20. The number of nitrogens with zero attached hydrogens (tertiary/aromatic N) is 7. The van der Waals surface area contributed by atoms with Gasteiger partial charge in [0.25, 0.3) is 5.56 Å². The summed E-state index contributed by atoms with van der Waals surface area (Å²) in [7, 11) is 0. The quantitative estimate of drug-likeness (QED) is 0.495. The summed E-state index contributed by atoms with van der Waals surface area (Å²) < 4.78 is 16.5. The van der Waals surface area contributed by atoms with E-state index in [0.29, 0.717) is 35.1 Å². The molecule has 0 saturated carbocycles. The molecule has 0 aliphatic carbocycles. The molecule has 0 bridgehead atoms. The van der Waals surface area contributed by atoms with Crippen LogP contribution in [0.5, 0.6) is 0 Å². The van der Waals surface area contributed by atoms with E-state index in [4.69, 9.17) is 22.4 Å². The fourth-order valence-corrected chi connectivity index (χ4v) is 4.52. The summed E-state index contributed by atoms with van der Waals surface area (Å²) >= 11 is 6.26. The van der Waals surface area contributed by atoms with Gasteiger partial charge in [0.1, 0.15) is 23.0 Å². The molecular formula is C22H18ClFN8O. The summed E-state index contributed by atoms with van der Waals surface area (Å²) in [6.07, 6.45) is 1.61. The van der Waals surface area contributed by atoms with Crippen molar-refractivity contribution in [3.05, 3.63) is 74.8 Å². The van der Waals surface area contributed by atoms with Crippen molar-refractivity contribution in [2.45, 2.75) is 19.9 Å². The lowest BCUT2D eigenvalue weighted by Gasteiger charge is -2.47. The number of halogens is 2. The molecule has 4 aromatic rings. The van der Waals surface area contributed by atoms with Gasteiger partial charge in [0.2, 0.25) is 5.95 Å². The van der Waals surface area contributed by atoms with Crippen molar-refractivity contribution in [3.63, 3.8) is 0 Å². The van der Waals surface area contributed by atoms with Crippen LogP contribution in [0.3, 0.4) is 0 Å². The first-order chi connectivity index (χ1) is 15.8. The average molecular weight is 465 g/mol. The second kappa shape index (κ2) is 7.56. The molecular weight excluding hydrogens is 447 g/mol. The van der Waals surface area contributed by atoms with Crippen molar-refractivity contribution in [3.8, 4) is 11.8 Å². The lowest BCUT2D eigenvalue weighted by Crippen LogP contribution is -2.52. The van der Waals surface area contributed by atoms with E-state index in [1.165, 1.54) is 33.3 Å². The Bertz CT molecular complexity index is 1500. The summed E-state index contributed by atoms with van der Waals surface area (Å²) in [5.74, 6) is 0.485. The lowest BCUT2D eigenvalue weighted by atomic mass is 9.88. The highest BCUT2D eigenvalue weighted by Crippen LogP contribution is 2.42. The number of rotatable bonds is 3. The first-order valence-corrected chi connectivity index (χ1v) is 10.5. The molecule has 166 valence electrons. The van der Waals surface area contributed by atoms with E-state index in [0.717, 1.165) is 0 Å². The number of aryl methyl sites for hydroxylation is 1. The van der Waals surface area contributed by atoms with Crippen molar-refractivity contribution in [2.24, 2.45) is 5.92 Å². The summed E-state index contributed by atoms with van der Waals surface area (Å²) in [6.45, 7) is 4.27. The zero-order valence-corrected chi connectivity index (χ0v) is 18.5. The molecule has 2 unspecified atom stereocenters. The van der Waals surface area contributed by atoms with Gasteiger partial charge in [0.15, 0.2) is 11.6 Å². The minimum Gasteiger partial charge on any atom is -0.368 e. The average Bonchev–Trinajstić information content (AvgIpc) is 3.13. The number of anilines is 2. The molecule has 2 atom stereocenters. The van der Waals surface area contributed by atoms with E-state index < -0.39 is 11.9 Å². The largest absolute Gasteiger partial charge is 0.368 e. The van der Waals surface area contributed by atoms with E-state index in [1.807, 2.05) is 11.8 Å². The maximum absolute atomic E-state index is 13.6. The Morgan fingerprint density at radius 3 is 2.64 bits per heavy atom. The molecule has 5 rings (SSSR count). The highest BCUT2D eigenvalue weighted by Gasteiger charge is 2.43. The van der Waals surface area contributed by atoms with Crippen molar-refractivity contribution >= 4 is 28.9 Å². The Hall–Kier alpha value is -3.97. The number of nitrogen functional groups attached to an aromatic ring is 1. The predicted octanol–water partition coefficient (Wildman–Crippen LogP) is 3.03. The molecule has 33 heavy (non-hydrogen) atoms.